The minimum atomic E-state index is 0.557. The zero-order valence-electron chi connectivity index (χ0n) is 12.0. The zero-order chi connectivity index (χ0) is 13.8. The SMILES string of the molecule is S=C(Nc1ccnc2c1CCCC2)NC1CCCCC1. The molecule has 0 atom stereocenters. The first-order valence-electron chi connectivity index (χ1n) is 7.87. The Morgan fingerprint density at radius 2 is 1.90 bits per heavy atom. The molecule has 0 unspecified atom stereocenters. The van der Waals surface area contributed by atoms with Gasteiger partial charge in [-0.05, 0) is 62.4 Å². The van der Waals surface area contributed by atoms with E-state index in [1.165, 1.54) is 56.2 Å². The quantitative estimate of drug-likeness (QED) is 0.816. The topological polar surface area (TPSA) is 37.0 Å². The first-order chi connectivity index (χ1) is 9.83. The molecule has 0 bridgehead atoms. The summed E-state index contributed by atoms with van der Waals surface area (Å²) >= 11 is 5.48. The molecule has 0 spiro atoms. The molecule has 2 N–H and O–H groups in total. The predicted octanol–water partition coefficient (Wildman–Crippen LogP) is 3.58. The molecule has 2 aliphatic carbocycles. The Labute approximate surface area is 126 Å². The van der Waals surface area contributed by atoms with E-state index in [-0.39, 0.29) is 0 Å². The lowest BCUT2D eigenvalue weighted by atomic mass is 9.94. The molecule has 3 nitrogen and oxygen atoms in total. The lowest BCUT2D eigenvalue weighted by Crippen LogP contribution is -2.39. The molecule has 3 rings (SSSR count). The predicted molar refractivity (Wildman–Crippen MR) is 87.1 cm³/mol. The Bertz CT molecular complexity index is 481. The highest BCUT2D eigenvalue weighted by Gasteiger charge is 2.17. The van der Waals surface area contributed by atoms with Gasteiger partial charge in [-0.2, -0.15) is 0 Å². The van der Waals surface area contributed by atoms with Crippen molar-refractivity contribution in [2.24, 2.45) is 0 Å². The van der Waals surface area contributed by atoms with Crippen molar-refractivity contribution in [3.63, 3.8) is 0 Å². The first kappa shape index (κ1) is 13.8. The highest BCUT2D eigenvalue weighted by atomic mass is 32.1. The molecule has 1 heterocycles. The number of anilines is 1. The van der Waals surface area contributed by atoms with Gasteiger partial charge < -0.3 is 10.6 Å². The van der Waals surface area contributed by atoms with E-state index < -0.39 is 0 Å². The molecular formula is C16H23N3S. The molecule has 108 valence electrons. The largest absolute Gasteiger partial charge is 0.360 e. The maximum atomic E-state index is 5.48. The third kappa shape index (κ3) is 3.29. The van der Waals surface area contributed by atoms with Crippen LogP contribution in [-0.2, 0) is 12.8 Å². The average molecular weight is 289 g/mol. The van der Waals surface area contributed by atoms with Crippen LogP contribution in [0.1, 0.15) is 56.2 Å². The van der Waals surface area contributed by atoms with Crippen molar-refractivity contribution in [3.05, 3.63) is 23.5 Å². The van der Waals surface area contributed by atoms with Gasteiger partial charge in [-0.25, -0.2) is 0 Å². The van der Waals surface area contributed by atoms with E-state index in [2.05, 4.69) is 21.7 Å². The van der Waals surface area contributed by atoms with Gasteiger partial charge in [0.1, 0.15) is 0 Å². The van der Waals surface area contributed by atoms with Gasteiger partial charge in [-0.1, -0.05) is 19.3 Å². The van der Waals surface area contributed by atoms with Crippen molar-refractivity contribution in [2.75, 3.05) is 5.32 Å². The van der Waals surface area contributed by atoms with Crippen molar-refractivity contribution in [3.8, 4) is 0 Å². The van der Waals surface area contributed by atoms with E-state index in [9.17, 15) is 0 Å². The molecule has 0 aliphatic heterocycles. The number of nitrogens with zero attached hydrogens (tertiary/aromatic N) is 1. The van der Waals surface area contributed by atoms with E-state index in [4.69, 9.17) is 12.2 Å². The lowest BCUT2D eigenvalue weighted by Gasteiger charge is -2.25. The Morgan fingerprint density at radius 1 is 1.10 bits per heavy atom. The van der Waals surface area contributed by atoms with Gasteiger partial charge in [0.25, 0.3) is 0 Å². The second-order valence-corrected chi connectivity index (χ2v) is 6.33. The maximum absolute atomic E-state index is 5.48. The van der Waals surface area contributed by atoms with Gasteiger partial charge in [-0.3, -0.25) is 4.98 Å². The molecule has 1 aromatic rings. The van der Waals surface area contributed by atoms with Crippen LogP contribution in [0.2, 0.25) is 0 Å². The number of aryl methyl sites for hydroxylation is 1. The second-order valence-electron chi connectivity index (χ2n) is 5.92. The average Bonchev–Trinajstić information content (AvgIpc) is 2.48. The van der Waals surface area contributed by atoms with Crippen molar-refractivity contribution in [2.45, 2.75) is 63.8 Å². The lowest BCUT2D eigenvalue weighted by molar-refractivity contribution is 0.415. The Balaban J connectivity index is 1.63. The normalized spacial score (nSPS) is 19.2. The highest BCUT2D eigenvalue weighted by molar-refractivity contribution is 7.80. The van der Waals surface area contributed by atoms with Crippen LogP contribution in [0.5, 0.6) is 0 Å². The van der Waals surface area contributed by atoms with E-state index in [1.807, 2.05) is 6.20 Å². The summed E-state index contributed by atoms with van der Waals surface area (Å²) in [7, 11) is 0. The van der Waals surface area contributed by atoms with E-state index in [0.29, 0.717) is 6.04 Å². The van der Waals surface area contributed by atoms with Crippen molar-refractivity contribution >= 4 is 23.0 Å². The maximum Gasteiger partial charge on any atom is 0.171 e. The third-order valence-electron chi connectivity index (χ3n) is 4.42. The van der Waals surface area contributed by atoms with Crippen LogP contribution in [0.3, 0.4) is 0 Å². The minimum Gasteiger partial charge on any atom is -0.360 e. The molecular weight excluding hydrogens is 266 g/mol. The highest BCUT2D eigenvalue weighted by Crippen LogP contribution is 2.26. The van der Waals surface area contributed by atoms with E-state index in [1.54, 1.807) is 0 Å². The van der Waals surface area contributed by atoms with Crippen LogP contribution >= 0.6 is 12.2 Å². The Morgan fingerprint density at radius 3 is 2.75 bits per heavy atom. The number of fused-ring (bicyclic) bond motifs is 1. The van der Waals surface area contributed by atoms with E-state index in [0.717, 1.165) is 23.6 Å². The fourth-order valence-corrected chi connectivity index (χ4v) is 3.61. The molecule has 0 saturated heterocycles. The van der Waals surface area contributed by atoms with Crippen LogP contribution in [0.4, 0.5) is 5.69 Å². The molecule has 0 amide bonds. The molecule has 2 aliphatic rings. The number of pyridine rings is 1. The van der Waals surface area contributed by atoms with Crippen LogP contribution in [0.15, 0.2) is 12.3 Å². The zero-order valence-corrected chi connectivity index (χ0v) is 12.8. The Hall–Kier alpha value is -1.16. The van der Waals surface area contributed by atoms with Gasteiger partial charge in [0, 0.05) is 23.6 Å². The van der Waals surface area contributed by atoms with Gasteiger partial charge in [0.2, 0.25) is 0 Å². The van der Waals surface area contributed by atoms with Crippen LogP contribution in [0.25, 0.3) is 0 Å². The summed E-state index contributed by atoms with van der Waals surface area (Å²) in [5, 5.41) is 7.65. The first-order valence-corrected chi connectivity index (χ1v) is 8.28. The molecule has 0 aromatic carbocycles. The number of rotatable bonds is 2. The summed E-state index contributed by atoms with van der Waals surface area (Å²) in [6, 6.07) is 2.61. The standard InChI is InChI=1S/C16H23N3S/c20-16(18-12-6-2-1-3-7-12)19-15-10-11-17-14-9-5-4-8-13(14)15/h10-12H,1-9H2,(H2,17,18,19,20). The molecule has 20 heavy (non-hydrogen) atoms. The summed E-state index contributed by atoms with van der Waals surface area (Å²) in [6.07, 6.45) is 13.2. The van der Waals surface area contributed by atoms with Crippen LogP contribution in [-0.4, -0.2) is 16.1 Å². The van der Waals surface area contributed by atoms with Crippen LogP contribution < -0.4 is 10.6 Å². The monoisotopic (exact) mass is 289 g/mol. The molecule has 1 aromatic heterocycles. The number of aromatic nitrogens is 1. The van der Waals surface area contributed by atoms with Crippen LogP contribution in [0, 0.1) is 0 Å². The number of hydrogen-bond acceptors (Lipinski definition) is 2. The van der Waals surface area contributed by atoms with Gasteiger partial charge in [-0.15, -0.1) is 0 Å². The van der Waals surface area contributed by atoms with Gasteiger partial charge >= 0.3 is 0 Å². The van der Waals surface area contributed by atoms with E-state index >= 15 is 0 Å². The van der Waals surface area contributed by atoms with Crippen molar-refractivity contribution < 1.29 is 0 Å². The molecule has 1 saturated carbocycles. The van der Waals surface area contributed by atoms with Gasteiger partial charge in [0.05, 0.1) is 0 Å². The van der Waals surface area contributed by atoms with Gasteiger partial charge in [0.15, 0.2) is 5.11 Å². The summed E-state index contributed by atoms with van der Waals surface area (Å²) < 4.78 is 0. The van der Waals surface area contributed by atoms with Crippen molar-refractivity contribution in [1.29, 1.82) is 0 Å². The fraction of sp³-hybridized carbons (Fsp3) is 0.625. The molecule has 1 fully saturated rings. The second kappa shape index (κ2) is 6.53. The molecule has 0 radical (unpaired) electrons. The number of thiocarbonyl (C=S) groups is 1. The van der Waals surface area contributed by atoms with Crippen molar-refractivity contribution in [1.82, 2.24) is 10.3 Å². The number of hydrogen-bond donors (Lipinski definition) is 2. The summed E-state index contributed by atoms with van der Waals surface area (Å²) in [6.45, 7) is 0. The Kier molecular flexibility index (Phi) is 4.51. The third-order valence-corrected chi connectivity index (χ3v) is 4.64. The summed E-state index contributed by atoms with van der Waals surface area (Å²) in [4.78, 5) is 4.50. The molecule has 4 heteroatoms. The summed E-state index contributed by atoms with van der Waals surface area (Å²) in [5.74, 6) is 0. The smallest absolute Gasteiger partial charge is 0.171 e. The number of nitrogens with one attached hydrogen (secondary N) is 2. The summed E-state index contributed by atoms with van der Waals surface area (Å²) in [5.41, 5.74) is 3.77. The minimum absolute atomic E-state index is 0.557. The fourth-order valence-electron chi connectivity index (χ4n) is 3.33.